The van der Waals surface area contributed by atoms with E-state index in [-0.39, 0.29) is 0 Å². The first-order valence-electron chi connectivity index (χ1n) is 11.2. The zero-order chi connectivity index (χ0) is 24.2. The molecule has 169 valence electrons. The molecule has 0 fully saturated rings. The van der Waals surface area contributed by atoms with Gasteiger partial charge in [0, 0.05) is 0 Å². The molecule has 0 aromatic heterocycles. The van der Waals surface area contributed by atoms with Crippen molar-refractivity contribution in [3.63, 3.8) is 0 Å². The van der Waals surface area contributed by atoms with Crippen molar-refractivity contribution >= 4 is 41.9 Å². The van der Waals surface area contributed by atoms with Gasteiger partial charge in [-0.2, -0.15) is 0 Å². The molecule has 1 heterocycles. The molecule has 0 atom stereocenters. The number of allylic oxidation sites excluding steroid dienone is 4. The predicted molar refractivity (Wildman–Crippen MR) is 142 cm³/mol. The van der Waals surface area contributed by atoms with Gasteiger partial charge in [-0.1, -0.05) is 41.5 Å². The van der Waals surface area contributed by atoms with Crippen LogP contribution < -0.4 is 3.53 Å². The molecule has 0 bridgehead atoms. The largest absolute Gasteiger partial charge is 0.0683 e. The Morgan fingerprint density at radius 3 is 1.94 bits per heavy atom. The van der Waals surface area contributed by atoms with Crippen LogP contribution in [-0.2, 0) is 3.53 Å². The van der Waals surface area contributed by atoms with E-state index in [9.17, 15) is 0 Å². The molecule has 0 saturated carbocycles. The van der Waals surface area contributed by atoms with Crippen molar-refractivity contribution in [1.82, 2.24) is 0 Å². The molecule has 1 radical (unpaired) electrons. The third kappa shape index (κ3) is 9.58. The van der Waals surface area contributed by atoms with E-state index in [1.165, 1.54) is 0 Å². The van der Waals surface area contributed by atoms with E-state index in [0.717, 1.165) is 28.3 Å². The third-order valence-corrected chi connectivity index (χ3v) is 5.17. The summed E-state index contributed by atoms with van der Waals surface area (Å²) in [5.74, 6) is 1.48. The molecule has 4 nitrogen and oxygen atoms in total. The van der Waals surface area contributed by atoms with E-state index in [2.05, 4.69) is 16.6 Å². The molecule has 0 spiro atoms. The average molecular weight is 490 g/mol. The topological polar surface area (TPSA) is 43.2 Å². The van der Waals surface area contributed by atoms with Crippen molar-refractivity contribution < 1.29 is 7.06 Å². The van der Waals surface area contributed by atoms with Gasteiger partial charge in [0.2, 0.25) is 0 Å². The average Bonchev–Trinajstić information content (AvgIpc) is 2.88. The van der Waals surface area contributed by atoms with Gasteiger partial charge in [0.1, 0.15) is 0 Å². The van der Waals surface area contributed by atoms with Crippen molar-refractivity contribution in [3.8, 4) is 5.75 Å². The first-order valence-corrected chi connectivity index (χ1v) is 13.2. The maximum atomic E-state index is 5.96. The SMILES string of the molecule is C=C/C=C1/[O][Ga][O]c2ccccc2C=Nc2ccccc2N=C/C1=C/C.CC.CC.CC. The van der Waals surface area contributed by atoms with E-state index in [1.54, 1.807) is 18.5 Å². The molecule has 0 aliphatic carbocycles. The van der Waals surface area contributed by atoms with Crippen molar-refractivity contribution in [1.29, 1.82) is 0 Å². The predicted octanol–water partition coefficient (Wildman–Crippen LogP) is 8.18. The van der Waals surface area contributed by atoms with E-state index in [0.29, 0.717) is 5.76 Å². The van der Waals surface area contributed by atoms with Gasteiger partial charge in [0.15, 0.2) is 0 Å². The standard InChI is InChI=1S/C21H20N2O2.3C2H6.Ga/c1-3-9-20(24)16(4-2)14-22-18-11-6-7-12-19(18)23-15-17-10-5-8-13-21(17)25;3*1-2;/h3-15,24-25H,1H2,2H3;3*1-2H3;/q;;;;+2/p-2/b16-4-,20-9+,22-14?,23-15?;;;;. The molecular formula is C27H36GaN2O2. The quantitative estimate of drug-likeness (QED) is 0.379. The number of nitrogens with zero attached hydrogens (tertiary/aromatic N) is 2. The normalized spacial score (nSPS) is 14.2. The summed E-state index contributed by atoms with van der Waals surface area (Å²) in [6.45, 7) is 17.7. The number of benzene rings is 2. The van der Waals surface area contributed by atoms with E-state index >= 15 is 0 Å². The molecule has 3 rings (SSSR count). The van der Waals surface area contributed by atoms with Crippen LogP contribution in [0.4, 0.5) is 11.4 Å². The maximum absolute atomic E-state index is 5.96. The monoisotopic (exact) mass is 489 g/mol. The second-order valence-corrected chi connectivity index (χ2v) is 6.78. The van der Waals surface area contributed by atoms with Crippen LogP contribution in [-0.4, -0.2) is 30.6 Å². The minimum absolute atomic E-state index is 0.710. The number of hydrogen-bond donors (Lipinski definition) is 0. The molecule has 2 aromatic carbocycles. The molecule has 1 aliphatic rings. The minimum Gasteiger partial charge on any atom is -0.0683 e. The fraction of sp³-hybridized carbons (Fsp3) is 0.259. The molecule has 0 N–H and O–H groups in total. The van der Waals surface area contributed by atoms with E-state index in [4.69, 9.17) is 7.06 Å². The zero-order valence-electron chi connectivity index (χ0n) is 20.5. The van der Waals surface area contributed by atoms with Gasteiger partial charge in [-0.05, 0) is 0 Å². The second-order valence-electron chi connectivity index (χ2n) is 5.39. The van der Waals surface area contributed by atoms with Gasteiger partial charge >= 0.3 is 162 Å². The van der Waals surface area contributed by atoms with Gasteiger partial charge in [0.05, 0.1) is 0 Å². The Bertz CT molecular complexity index is 915. The van der Waals surface area contributed by atoms with Crippen molar-refractivity contribution in [2.75, 3.05) is 0 Å². The van der Waals surface area contributed by atoms with Crippen molar-refractivity contribution in [3.05, 3.63) is 90.2 Å². The van der Waals surface area contributed by atoms with E-state index in [1.807, 2.05) is 109 Å². The minimum atomic E-state index is -1.46. The molecule has 2 aromatic rings. The van der Waals surface area contributed by atoms with Gasteiger partial charge in [-0.25, -0.2) is 0 Å². The van der Waals surface area contributed by atoms with Gasteiger partial charge in [-0.3, -0.25) is 0 Å². The van der Waals surface area contributed by atoms with Gasteiger partial charge in [0.25, 0.3) is 0 Å². The number of aliphatic imine (C=N–C) groups is 2. The van der Waals surface area contributed by atoms with E-state index < -0.39 is 18.1 Å². The summed E-state index contributed by atoms with van der Waals surface area (Å²) in [5, 5.41) is 0. The van der Waals surface area contributed by atoms with Crippen molar-refractivity contribution in [2.24, 2.45) is 9.98 Å². The van der Waals surface area contributed by atoms with Crippen LogP contribution in [0.2, 0.25) is 0 Å². The first kappa shape index (κ1) is 29.2. The summed E-state index contributed by atoms with van der Waals surface area (Å²) < 4.78 is 11.9. The fourth-order valence-electron chi connectivity index (χ4n) is 2.37. The number of fused-ring (bicyclic) bond motifs is 2. The van der Waals surface area contributed by atoms with Crippen LogP contribution in [0, 0.1) is 0 Å². The Hall–Kier alpha value is -2.76. The third-order valence-electron chi connectivity index (χ3n) is 3.70. The summed E-state index contributed by atoms with van der Waals surface area (Å²) >= 11 is -1.46. The number of rotatable bonds is 1. The fourth-order valence-corrected chi connectivity index (χ4v) is 3.81. The summed E-state index contributed by atoms with van der Waals surface area (Å²) in [7, 11) is 0. The molecule has 5 heteroatoms. The van der Waals surface area contributed by atoms with Crippen LogP contribution in [0.25, 0.3) is 0 Å². The molecule has 0 unspecified atom stereocenters. The summed E-state index contributed by atoms with van der Waals surface area (Å²) in [6, 6.07) is 15.6. The van der Waals surface area contributed by atoms with Crippen LogP contribution in [0.1, 0.15) is 54.0 Å². The van der Waals surface area contributed by atoms with Gasteiger partial charge in [-0.15, -0.1) is 0 Å². The van der Waals surface area contributed by atoms with Crippen LogP contribution in [0.5, 0.6) is 5.75 Å². The molecular weight excluding hydrogens is 454 g/mol. The van der Waals surface area contributed by atoms with Crippen LogP contribution in [0.3, 0.4) is 0 Å². The Morgan fingerprint density at radius 1 is 0.781 bits per heavy atom. The molecule has 1 aliphatic heterocycles. The Morgan fingerprint density at radius 2 is 1.34 bits per heavy atom. The Kier molecular flexibility index (Phi) is 17.3. The maximum Gasteiger partial charge on any atom is -0.0683 e. The molecule has 0 saturated heterocycles. The van der Waals surface area contributed by atoms with Crippen LogP contribution in [0.15, 0.2) is 94.7 Å². The van der Waals surface area contributed by atoms with Crippen LogP contribution >= 0.6 is 0 Å². The molecule has 0 amide bonds. The van der Waals surface area contributed by atoms with Gasteiger partial charge < -0.3 is 0 Å². The zero-order valence-corrected chi connectivity index (χ0v) is 22.9. The number of para-hydroxylation sites is 3. The first-order chi connectivity index (χ1) is 15.8. The second kappa shape index (κ2) is 19.0. The summed E-state index contributed by atoms with van der Waals surface area (Å²) in [5.41, 5.74) is 3.36. The smallest absolute Gasteiger partial charge is 0.0683 e. The Labute approximate surface area is 203 Å². The number of hydrogen-bond acceptors (Lipinski definition) is 4. The summed E-state index contributed by atoms with van der Waals surface area (Å²) in [4.78, 5) is 9.21. The summed E-state index contributed by atoms with van der Waals surface area (Å²) in [6.07, 6.45) is 9.07. The Balaban J connectivity index is 0.00000148. The molecule has 32 heavy (non-hydrogen) atoms. The van der Waals surface area contributed by atoms with Crippen molar-refractivity contribution in [2.45, 2.75) is 48.5 Å².